The van der Waals surface area contributed by atoms with Crippen LogP contribution in [-0.2, 0) is 4.74 Å². The van der Waals surface area contributed by atoms with Gasteiger partial charge in [0.2, 0.25) is 5.88 Å². The van der Waals surface area contributed by atoms with Crippen LogP contribution in [0.2, 0.25) is 0 Å². The normalized spacial score (nSPS) is 12.5. The Morgan fingerprint density at radius 2 is 1.89 bits per heavy atom. The van der Waals surface area contributed by atoms with Crippen molar-refractivity contribution in [2.75, 3.05) is 25.6 Å². The summed E-state index contributed by atoms with van der Waals surface area (Å²) >= 11 is 1.37. The molecule has 5 aromatic rings. The van der Waals surface area contributed by atoms with Crippen LogP contribution in [0.1, 0.15) is 29.9 Å². The molecule has 0 aliphatic heterocycles. The number of rotatable bonds is 10. The number of hydrogen-bond acceptors (Lipinski definition) is 11. The lowest BCUT2D eigenvalue weighted by molar-refractivity contribution is 0.0919. The van der Waals surface area contributed by atoms with Crippen molar-refractivity contribution in [3.63, 3.8) is 0 Å². The third-order valence-corrected chi connectivity index (χ3v) is 7.28. The Morgan fingerprint density at radius 1 is 1.07 bits per heavy atom. The third-order valence-electron chi connectivity index (χ3n) is 6.23. The van der Waals surface area contributed by atoms with Crippen LogP contribution >= 0.6 is 11.3 Å². The summed E-state index contributed by atoms with van der Waals surface area (Å²) in [6.07, 6.45) is 0.702. The number of aryl methyl sites for hydroxylation is 1. The first-order valence-corrected chi connectivity index (χ1v) is 14.4. The van der Waals surface area contributed by atoms with E-state index in [1.165, 1.54) is 42.8 Å². The molecule has 3 aromatic heterocycles. The van der Waals surface area contributed by atoms with E-state index in [-0.39, 0.29) is 24.6 Å². The monoisotopic (exact) mass is 620 g/mol. The molecular weight excluding hydrogens is 591 g/mol. The van der Waals surface area contributed by atoms with Crippen LogP contribution in [0.4, 0.5) is 14.9 Å². The van der Waals surface area contributed by atoms with Gasteiger partial charge in [-0.3, -0.25) is 10.1 Å². The summed E-state index contributed by atoms with van der Waals surface area (Å²) in [7, 11) is 1.53. The van der Waals surface area contributed by atoms with Gasteiger partial charge in [-0.15, -0.1) is 11.3 Å². The Bertz CT molecular complexity index is 1830. The van der Waals surface area contributed by atoms with Gasteiger partial charge in [0.25, 0.3) is 5.91 Å². The molecule has 0 aliphatic carbocycles. The topological polar surface area (TPSA) is 158 Å². The molecule has 12 nitrogen and oxygen atoms in total. The first-order valence-electron chi connectivity index (χ1n) is 13.5. The molecule has 3 heterocycles. The van der Waals surface area contributed by atoms with E-state index in [0.717, 1.165) is 11.1 Å². The van der Waals surface area contributed by atoms with Crippen molar-refractivity contribution in [3.05, 3.63) is 65.9 Å². The molecular formula is C30H29FN6O6S. The Labute approximate surface area is 255 Å². The molecule has 0 radical (unpaired) electrons. The number of pyridine rings is 1. The summed E-state index contributed by atoms with van der Waals surface area (Å²) in [5, 5.41) is 15.0. The molecule has 0 bridgehead atoms. The number of aliphatic hydroxyl groups is 1. The summed E-state index contributed by atoms with van der Waals surface area (Å²) in [6.45, 7) is 5.06. The summed E-state index contributed by atoms with van der Waals surface area (Å²) in [6, 6.07) is 9.65. The van der Waals surface area contributed by atoms with Gasteiger partial charge in [0.15, 0.2) is 11.6 Å². The maximum atomic E-state index is 15.0. The molecule has 44 heavy (non-hydrogen) atoms. The second-order valence-corrected chi connectivity index (χ2v) is 11.0. The first kappa shape index (κ1) is 30.5. The number of anilines is 1. The van der Waals surface area contributed by atoms with Crippen molar-refractivity contribution in [1.82, 2.24) is 25.3 Å². The zero-order chi connectivity index (χ0) is 31.4. The van der Waals surface area contributed by atoms with Gasteiger partial charge in [-0.2, -0.15) is 0 Å². The van der Waals surface area contributed by atoms with E-state index in [2.05, 4.69) is 30.6 Å². The second-order valence-electron chi connectivity index (χ2n) is 10.0. The number of ether oxygens (including phenoxy) is 3. The highest BCUT2D eigenvalue weighted by molar-refractivity contribution is 7.21. The Balaban J connectivity index is 1.21. The van der Waals surface area contributed by atoms with E-state index in [4.69, 9.17) is 14.2 Å². The van der Waals surface area contributed by atoms with Gasteiger partial charge in [0.05, 0.1) is 52.5 Å². The van der Waals surface area contributed by atoms with Crippen molar-refractivity contribution in [2.45, 2.75) is 33.0 Å². The molecule has 2 aromatic carbocycles. The van der Waals surface area contributed by atoms with Gasteiger partial charge in [0, 0.05) is 24.2 Å². The van der Waals surface area contributed by atoms with E-state index < -0.39 is 30.0 Å². The number of nitrogens with one attached hydrogen (secondary N) is 2. The molecule has 0 spiro atoms. The molecule has 0 fully saturated rings. The maximum Gasteiger partial charge on any atom is 0.411 e. The second kappa shape index (κ2) is 13.1. The molecule has 2 atom stereocenters. The number of thiazole rings is 1. The van der Waals surface area contributed by atoms with Crippen LogP contribution in [0.5, 0.6) is 11.6 Å². The van der Waals surface area contributed by atoms with Crippen LogP contribution in [0, 0.1) is 12.7 Å². The maximum absolute atomic E-state index is 15.0. The smallest absolute Gasteiger partial charge is 0.411 e. The fourth-order valence-electron chi connectivity index (χ4n) is 4.18. The molecule has 0 saturated carbocycles. The minimum Gasteiger partial charge on any atom is -0.484 e. The highest BCUT2D eigenvalue weighted by atomic mass is 32.1. The van der Waals surface area contributed by atoms with Gasteiger partial charge in [0.1, 0.15) is 23.4 Å². The highest BCUT2D eigenvalue weighted by Crippen LogP contribution is 2.37. The van der Waals surface area contributed by atoms with Crippen LogP contribution in [0.3, 0.4) is 0 Å². The molecule has 2 amide bonds. The van der Waals surface area contributed by atoms with Crippen molar-refractivity contribution in [1.29, 1.82) is 0 Å². The van der Waals surface area contributed by atoms with Crippen molar-refractivity contribution in [3.8, 4) is 22.2 Å². The molecule has 0 unspecified atom stereocenters. The number of amides is 2. The number of methoxy groups -OCH3 is 1. The van der Waals surface area contributed by atoms with E-state index in [9.17, 15) is 19.1 Å². The van der Waals surface area contributed by atoms with Crippen LogP contribution in [0.15, 0.2) is 48.8 Å². The van der Waals surface area contributed by atoms with Crippen molar-refractivity contribution in [2.24, 2.45) is 0 Å². The van der Waals surface area contributed by atoms with Crippen LogP contribution < -0.4 is 20.1 Å². The number of carbonyl (C=O) groups excluding carboxylic acids is 2. The molecule has 3 N–H and O–H groups in total. The number of halogens is 1. The van der Waals surface area contributed by atoms with Gasteiger partial charge < -0.3 is 24.6 Å². The van der Waals surface area contributed by atoms with Gasteiger partial charge in [-0.25, -0.2) is 29.1 Å². The Morgan fingerprint density at radius 3 is 2.61 bits per heavy atom. The van der Waals surface area contributed by atoms with Crippen LogP contribution in [-0.4, -0.2) is 69.5 Å². The van der Waals surface area contributed by atoms with Crippen molar-refractivity contribution < 1.29 is 33.3 Å². The lowest BCUT2D eigenvalue weighted by atomic mass is 10.1. The number of carbonyl (C=O) groups is 2. The lowest BCUT2D eigenvalue weighted by Gasteiger charge is -2.15. The first-order chi connectivity index (χ1) is 21.1. The standard InChI is InChI=1S/C30H29FN6O6S/c1-15-7-19(27-23(8-15)36-26(41-4)13-33-27)29-37-22-9-20(31)24(10-25(22)44-29)43-17(3)14-42-30(40)35-18-5-6-21(32-12-18)28(39)34-11-16(2)38/h5-10,12-13,16-17,38H,11,14H2,1-4H3,(H,34,39)(H,35,40)/t16-,17+/m1/s1. The third kappa shape index (κ3) is 7.15. The summed E-state index contributed by atoms with van der Waals surface area (Å²) < 4.78 is 31.9. The SMILES string of the molecule is COc1cnc2c(-c3nc4cc(F)c(O[C@@H](C)COC(=O)Nc5ccc(C(=O)NC[C@@H](C)O)nc5)cc4s3)cc(C)cc2n1. The Kier molecular flexibility index (Phi) is 9.11. The van der Waals surface area contributed by atoms with Gasteiger partial charge in [-0.1, -0.05) is 0 Å². The predicted octanol–water partition coefficient (Wildman–Crippen LogP) is 4.88. The number of aromatic nitrogens is 4. The molecule has 14 heteroatoms. The average molecular weight is 621 g/mol. The highest BCUT2D eigenvalue weighted by Gasteiger charge is 2.18. The van der Waals surface area contributed by atoms with Crippen molar-refractivity contribution >= 4 is 50.3 Å². The summed E-state index contributed by atoms with van der Waals surface area (Å²) in [5.41, 5.74) is 3.95. The summed E-state index contributed by atoms with van der Waals surface area (Å²) in [4.78, 5) is 41.9. The number of nitrogens with zero attached hydrogens (tertiary/aromatic N) is 4. The zero-order valence-corrected chi connectivity index (χ0v) is 25.1. The molecule has 5 rings (SSSR count). The lowest BCUT2D eigenvalue weighted by Crippen LogP contribution is -2.31. The fraction of sp³-hybridized carbons (Fsp3) is 0.267. The largest absolute Gasteiger partial charge is 0.484 e. The zero-order valence-electron chi connectivity index (χ0n) is 24.3. The predicted molar refractivity (Wildman–Crippen MR) is 163 cm³/mol. The minimum absolute atomic E-state index is 0.00325. The fourth-order valence-corrected chi connectivity index (χ4v) is 5.17. The molecule has 0 saturated heterocycles. The van der Waals surface area contributed by atoms with E-state index in [1.807, 2.05) is 19.1 Å². The quantitative estimate of drug-likeness (QED) is 0.196. The molecule has 0 aliphatic rings. The van der Waals surface area contributed by atoms with Gasteiger partial charge in [-0.05, 0) is 50.6 Å². The number of benzene rings is 2. The number of hydrogen-bond donors (Lipinski definition) is 3. The van der Waals surface area contributed by atoms with E-state index in [0.29, 0.717) is 37.8 Å². The number of fused-ring (bicyclic) bond motifs is 2. The molecule has 228 valence electrons. The number of aliphatic hydroxyl groups excluding tert-OH is 1. The van der Waals surface area contributed by atoms with Gasteiger partial charge >= 0.3 is 6.09 Å². The van der Waals surface area contributed by atoms with Crippen LogP contribution in [0.25, 0.3) is 31.8 Å². The van der Waals surface area contributed by atoms with E-state index >= 15 is 0 Å². The Hall–Kier alpha value is -4.95. The minimum atomic E-state index is -0.775. The van der Waals surface area contributed by atoms with E-state index in [1.54, 1.807) is 26.1 Å². The average Bonchev–Trinajstić information content (AvgIpc) is 3.41. The summed E-state index contributed by atoms with van der Waals surface area (Å²) in [5.74, 6) is -0.658.